The summed E-state index contributed by atoms with van der Waals surface area (Å²) in [5.41, 5.74) is 0. The van der Waals surface area contributed by atoms with Crippen LogP contribution < -0.4 is 17.1 Å². The molecule has 3 heteroatoms. The molecular weight excluding hydrogens is 196 g/mol. The van der Waals surface area contributed by atoms with Crippen molar-refractivity contribution in [3.8, 4) is 0 Å². The van der Waals surface area contributed by atoms with Crippen molar-refractivity contribution in [1.82, 2.24) is 0 Å². The van der Waals surface area contributed by atoms with Crippen molar-refractivity contribution in [2.75, 3.05) is 0 Å². The van der Waals surface area contributed by atoms with Crippen molar-refractivity contribution in [3.63, 3.8) is 0 Å². The van der Waals surface area contributed by atoms with Gasteiger partial charge in [-0.3, -0.25) is 0 Å². The van der Waals surface area contributed by atoms with Gasteiger partial charge >= 0.3 is 54.8 Å². The van der Waals surface area contributed by atoms with Crippen LogP contribution in [-0.4, -0.2) is 13.8 Å². The first-order valence-corrected chi connectivity index (χ1v) is 8.39. The Morgan fingerprint density at radius 3 is 1.22 bits per heavy atom. The van der Waals surface area contributed by atoms with Crippen LogP contribution in [0, 0.1) is 0 Å². The average Bonchev–Trinajstić information content (AvgIpc) is 1.87. The van der Waals surface area contributed by atoms with Gasteiger partial charge in [0.05, 0.1) is 0 Å². The Hall–Kier alpha value is 0.808. The SMILES string of the molecule is CC[As+](N)(CC)CC.[Cl-]. The molecule has 0 aliphatic rings. The minimum Gasteiger partial charge on any atom is -1.00 e. The van der Waals surface area contributed by atoms with Gasteiger partial charge in [0.25, 0.3) is 0 Å². The van der Waals surface area contributed by atoms with E-state index in [9.17, 15) is 0 Å². The molecule has 0 aromatic rings. The molecular formula is C6H17AsClN. The Balaban J connectivity index is 0. The maximum absolute atomic E-state index is 6.07. The second kappa shape index (κ2) is 5.58. The normalized spacial score (nSPS) is 10.7. The number of hydrogen-bond donors (Lipinski definition) is 1. The summed E-state index contributed by atoms with van der Waals surface area (Å²) in [6, 6.07) is 0. The van der Waals surface area contributed by atoms with Crippen LogP contribution in [0.25, 0.3) is 0 Å². The molecule has 0 aromatic heterocycles. The Morgan fingerprint density at radius 1 is 1.00 bits per heavy atom. The minimum absolute atomic E-state index is 0. The Bertz CT molecular complexity index is 55.8. The van der Waals surface area contributed by atoms with Gasteiger partial charge in [-0.05, 0) is 0 Å². The van der Waals surface area contributed by atoms with Crippen LogP contribution >= 0.6 is 0 Å². The summed E-state index contributed by atoms with van der Waals surface area (Å²) in [7, 11) is 0. The van der Waals surface area contributed by atoms with E-state index in [0.29, 0.717) is 0 Å². The quantitative estimate of drug-likeness (QED) is 0.596. The maximum Gasteiger partial charge on any atom is -1.00 e. The number of halogens is 1. The molecule has 0 fully saturated rings. The molecule has 0 atom stereocenters. The van der Waals surface area contributed by atoms with Crippen LogP contribution in [0.15, 0.2) is 0 Å². The summed E-state index contributed by atoms with van der Waals surface area (Å²) < 4.78 is 6.07. The van der Waals surface area contributed by atoms with E-state index in [4.69, 9.17) is 4.65 Å². The van der Waals surface area contributed by atoms with Crippen molar-refractivity contribution in [2.45, 2.75) is 36.4 Å². The first-order chi connectivity index (χ1) is 3.68. The van der Waals surface area contributed by atoms with Gasteiger partial charge in [-0.1, -0.05) is 0 Å². The third-order valence-corrected chi connectivity index (χ3v) is 9.82. The topological polar surface area (TPSA) is 26.0 Å². The summed E-state index contributed by atoms with van der Waals surface area (Å²) in [5.74, 6) is 0. The maximum atomic E-state index is 6.07. The van der Waals surface area contributed by atoms with Gasteiger partial charge in [0.2, 0.25) is 0 Å². The first-order valence-electron chi connectivity index (χ1n) is 3.33. The van der Waals surface area contributed by atoms with E-state index in [1.807, 2.05) is 0 Å². The minimum atomic E-state index is -1.48. The van der Waals surface area contributed by atoms with E-state index < -0.39 is 13.8 Å². The Kier molecular flexibility index (Phi) is 7.74. The summed E-state index contributed by atoms with van der Waals surface area (Å²) in [6.07, 6.45) is 0. The molecule has 0 aliphatic carbocycles. The van der Waals surface area contributed by atoms with Gasteiger partial charge in [-0.25, -0.2) is 0 Å². The smallest absolute Gasteiger partial charge is 1.00 e. The van der Waals surface area contributed by atoms with Gasteiger partial charge in [0, 0.05) is 0 Å². The summed E-state index contributed by atoms with van der Waals surface area (Å²) in [4.78, 5) is 0. The number of nitrogens with two attached hydrogens (primary N) is 1. The molecule has 0 saturated carbocycles. The fourth-order valence-corrected chi connectivity index (χ4v) is 3.49. The molecule has 0 unspecified atom stereocenters. The van der Waals surface area contributed by atoms with Gasteiger partial charge in [-0.15, -0.1) is 0 Å². The first kappa shape index (κ1) is 12.5. The van der Waals surface area contributed by atoms with Crippen molar-refractivity contribution >= 4 is 13.8 Å². The average molecular weight is 214 g/mol. The molecule has 0 radical (unpaired) electrons. The fraction of sp³-hybridized carbons (Fsp3) is 1.00. The molecule has 0 spiro atoms. The summed E-state index contributed by atoms with van der Waals surface area (Å²) in [5, 5.41) is 3.81. The summed E-state index contributed by atoms with van der Waals surface area (Å²) in [6.45, 7) is 6.67. The van der Waals surface area contributed by atoms with E-state index in [2.05, 4.69) is 20.8 Å². The second-order valence-corrected chi connectivity index (χ2v) is 11.3. The van der Waals surface area contributed by atoms with Gasteiger partial charge < -0.3 is 12.4 Å². The zero-order valence-corrected chi connectivity index (χ0v) is 9.16. The van der Waals surface area contributed by atoms with E-state index in [-0.39, 0.29) is 12.4 Å². The second-order valence-electron chi connectivity index (χ2n) is 2.17. The molecule has 2 N–H and O–H groups in total. The standard InChI is InChI=1S/C6H17AsN.ClH/c1-4-7(8,5-2)6-3;/h4-6,8H2,1-3H3;1H/q+1;/p-1. The molecule has 0 rings (SSSR count). The predicted octanol–water partition coefficient (Wildman–Crippen LogP) is -1.05. The molecule has 58 valence electrons. The Labute approximate surface area is 67.5 Å². The van der Waals surface area contributed by atoms with E-state index in [1.165, 1.54) is 15.6 Å². The van der Waals surface area contributed by atoms with E-state index >= 15 is 0 Å². The predicted molar refractivity (Wildman–Crippen MR) is 41.4 cm³/mol. The third kappa shape index (κ3) is 4.24. The van der Waals surface area contributed by atoms with Crippen LogP contribution in [0.4, 0.5) is 0 Å². The van der Waals surface area contributed by atoms with Crippen LogP contribution in [0.1, 0.15) is 20.8 Å². The van der Waals surface area contributed by atoms with Crippen molar-refractivity contribution in [3.05, 3.63) is 0 Å². The fourth-order valence-electron chi connectivity index (χ4n) is 0.671. The van der Waals surface area contributed by atoms with Gasteiger partial charge in [0.15, 0.2) is 0 Å². The number of hydrogen-bond acceptors (Lipinski definition) is 1. The summed E-state index contributed by atoms with van der Waals surface area (Å²) >= 11 is -1.48. The van der Waals surface area contributed by atoms with Crippen LogP contribution in [0.2, 0.25) is 15.6 Å². The van der Waals surface area contributed by atoms with Gasteiger partial charge in [-0.2, -0.15) is 0 Å². The van der Waals surface area contributed by atoms with Crippen molar-refractivity contribution < 1.29 is 12.4 Å². The molecule has 0 aromatic carbocycles. The zero-order valence-electron chi connectivity index (χ0n) is 6.52. The zero-order chi connectivity index (χ0) is 6.62. The van der Waals surface area contributed by atoms with Gasteiger partial charge in [0.1, 0.15) is 0 Å². The molecule has 0 aliphatic heterocycles. The van der Waals surface area contributed by atoms with E-state index in [1.54, 1.807) is 0 Å². The largest absolute Gasteiger partial charge is 1.00 e. The van der Waals surface area contributed by atoms with Crippen LogP contribution in [-0.2, 0) is 0 Å². The molecule has 0 amide bonds. The molecule has 9 heavy (non-hydrogen) atoms. The molecule has 0 saturated heterocycles. The number of rotatable bonds is 3. The Morgan fingerprint density at radius 2 is 1.22 bits per heavy atom. The third-order valence-electron chi connectivity index (χ3n) is 1.89. The van der Waals surface area contributed by atoms with Crippen molar-refractivity contribution in [2.24, 2.45) is 4.65 Å². The molecule has 0 heterocycles. The molecule has 1 nitrogen and oxygen atoms in total. The molecule has 0 bridgehead atoms. The van der Waals surface area contributed by atoms with E-state index in [0.717, 1.165) is 0 Å². The monoisotopic (exact) mass is 213 g/mol. The van der Waals surface area contributed by atoms with Crippen LogP contribution in [0.5, 0.6) is 0 Å². The van der Waals surface area contributed by atoms with Crippen LogP contribution in [0.3, 0.4) is 0 Å². The van der Waals surface area contributed by atoms with Crippen molar-refractivity contribution in [1.29, 1.82) is 0 Å².